The number of fused-ring (bicyclic) bond motifs is 2. The van der Waals surface area contributed by atoms with E-state index in [0.29, 0.717) is 5.52 Å². The second-order valence-electron chi connectivity index (χ2n) is 6.49. The van der Waals surface area contributed by atoms with E-state index >= 15 is 0 Å². The molecular weight excluding hydrogens is 332 g/mol. The van der Waals surface area contributed by atoms with Crippen LogP contribution in [0.25, 0.3) is 21.8 Å². The average molecular weight is 356 g/mol. The van der Waals surface area contributed by atoms with Gasteiger partial charge in [-0.05, 0) is 51.3 Å². The number of benzene rings is 2. The highest BCUT2D eigenvalue weighted by molar-refractivity contribution is 6.08. The van der Waals surface area contributed by atoms with E-state index in [1.165, 1.54) is 0 Å². The van der Waals surface area contributed by atoms with Crippen LogP contribution in [0.4, 0.5) is 11.4 Å². The van der Waals surface area contributed by atoms with Crippen LogP contribution in [0, 0.1) is 5.21 Å². The number of nitrogens with one attached hydrogen (secondary N) is 2. The van der Waals surface area contributed by atoms with Gasteiger partial charge in [0.1, 0.15) is 5.75 Å². The number of pyridine rings is 1. The van der Waals surface area contributed by atoms with Gasteiger partial charge >= 0.3 is 0 Å². The molecule has 1 unspecified atom stereocenters. The zero-order valence-corrected chi connectivity index (χ0v) is 15.2. The highest BCUT2D eigenvalue weighted by Crippen LogP contribution is 2.33. The normalized spacial score (nSPS) is 12.7. The van der Waals surface area contributed by atoms with E-state index in [0.717, 1.165) is 47.2 Å². The van der Waals surface area contributed by atoms with Gasteiger partial charge in [0, 0.05) is 29.4 Å². The Balaban J connectivity index is 2.10. The number of anilines is 1. The van der Waals surface area contributed by atoms with E-state index in [1.807, 2.05) is 24.3 Å². The SMILES string of the molecule is COc1ccc2nc3cc([NH+]([O-])O)ccc3c(NCCCN(C)C)c2c1. The maximum atomic E-state index is 11.3. The van der Waals surface area contributed by atoms with Crippen molar-refractivity contribution in [2.24, 2.45) is 0 Å². The number of nitrogens with zero attached hydrogens (tertiary/aromatic N) is 2. The molecule has 26 heavy (non-hydrogen) atoms. The van der Waals surface area contributed by atoms with E-state index < -0.39 is 5.23 Å². The molecule has 3 aromatic rings. The van der Waals surface area contributed by atoms with Crippen LogP contribution in [0.5, 0.6) is 5.75 Å². The van der Waals surface area contributed by atoms with Crippen LogP contribution in [0.1, 0.15) is 6.42 Å². The monoisotopic (exact) mass is 356 g/mol. The molecule has 0 fully saturated rings. The van der Waals surface area contributed by atoms with Crippen molar-refractivity contribution in [1.82, 2.24) is 9.88 Å². The standard InChI is InChI=1S/C19H24N4O3/c1-22(2)10-4-9-20-19-15-7-5-13(23(24)25)11-18(15)21-17-8-6-14(26-3)12-16(17)19/h5-8,11-12,23-24H,4,9-10H2,1-3H3,(H,20,21). The quantitative estimate of drug-likeness (QED) is 0.342. The fraction of sp³-hybridized carbons (Fsp3) is 0.316. The molecule has 1 aromatic heterocycles. The Morgan fingerprint density at radius 1 is 1.15 bits per heavy atom. The van der Waals surface area contributed by atoms with E-state index in [4.69, 9.17) is 4.74 Å². The molecule has 0 aliphatic carbocycles. The lowest BCUT2D eigenvalue weighted by Gasteiger charge is -2.17. The minimum absolute atomic E-state index is 0.233. The number of aromatic nitrogens is 1. The Labute approximate surface area is 152 Å². The fourth-order valence-electron chi connectivity index (χ4n) is 2.98. The van der Waals surface area contributed by atoms with Crippen LogP contribution in [0.15, 0.2) is 36.4 Å². The Hall–Kier alpha value is -2.45. The van der Waals surface area contributed by atoms with E-state index in [2.05, 4.69) is 29.3 Å². The lowest BCUT2D eigenvalue weighted by molar-refractivity contribution is -0.991. The van der Waals surface area contributed by atoms with Crippen molar-refractivity contribution >= 4 is 33.2 Å². The van der Waals surface area contributed by atoms with Crippen molar-refractivity contribution in [2.75, 3.05) is 39.6 Å². The predicted octanol–water partition coefficient (Wildman–Crippen LogP) is 2.16. The van der Waals surface area contributed by atoms with Crippen molar-refractivity contribution in [3.05, 3.63) is 41.6 Å². The molecule has 0 aliphatic heterocycles. The molecule has 0 aliphatic rings. The zero-order chi connectivity index (χ0) is 18.7. The van der Waals surface area contributed by atoms with E-state index in [-0.39, 0.29) is 5.69 Å². The van der Waals surface area contributed by atoms with Gasteiger partial charge in [-0.15, -0.1) is 0 Å². The highest BCUT2D eigenvalue weighted by Gasteiger charge is 2.12. The topological polar surface area (TPSA) is 85.1 Å². The van der Waals surface area contributed by atoms with Gasteiger partial charge in [0.2, 0.25) is 0 Å². The zero-order valence-electron chi connectivity index (χ0n) is 15.2. The smallest absolute Gasteiger partial charge is 0.165 e. The van der Waals surface area contributed by atoms with Gasteiger partial charge in [0.05, 0.1) is 23.8 Å². The van der Waals surface area contributed by atoms with Crippen molar-refractivity contribution in [3.63, 3.8) is 0 Å². The molecule has 0 saturated carbocycles. The maximum absolute atomic E-state index is 11.3. The number of rotatable bonds is 7. The summed E-state index contributed by atoms with van der Waals surface area (Å²) in [7, 11) is 5.74. The molecule has 0 saturated heterocycles. The number of hydrogen-bond donors (Lipinski definition) is 3. The number of quaternary nitrogens is 1. The minimum atomic E-state index is -0.955. The molecule has 3 rings (SSSR count). The minimum Gasteiger partial charge on any atom is -0.595 e. The lowest BCUT2D eigenvalue weighted by Crippen LogP contribution is -2.99. The summed E-state index contributed by atoms with van der Waals surface area (Å²) in [5.74, 6) is 0.761. The third kappa shape index (κ3) is 3.86. The largest absolute Gasteiger partial charge is 0.595 e. The molecule has 3 N–H and O–H groups in total. The Kier molecular flexibility index (Phi) is 5.53. The highest BCUT2D eigenvalue weighted by atomic mass is 16.8. The first-order chi connectivity index (χ1) is 12.5. The molecule has 1 heterocycles. The van der Waals surface area contributed by atoms with Gasteiger partial charge in [0.15, 0.2) is 5.69 Å². The number of hydrogen-bond acceptors (Lipinski definition) is 6. The van der Waals surface area contributed by atoms with E-state index in [9.17, 15) is 10.4 Å². The van der Waals surface area contributed by atoms with Crippen molar-refractivity contribution in [2.45, 2.75) is 6.42 Å². The summed E-state index contributed by atoms with van der Waals surface area (Å²) in [6.07, 6.45) is 0.996. The predicted molar refractivity (Wildman–Crippen MR) is 103 cm³/mol. The van der Waals surface area contributed by atoms with Gasteiger partial charge in [-0.1, -0.05) is 0 Å². The van der Waals surface area contributed by atoms with Gasteiger partial charge < -0.3 is 20.2 Å². The molecule has 0 amide bonds. The summed E-state index contributed by atoms with van der Waals surface area (Å²) in [4.78, 5) is 6.79. The Morgan fingerprint density at radius 3 is 2.65 bits per heavy atom. The molecule has 7 nitrogen and oxygen atoms in total. The van der Waals surface area contributed by atoms with Crippen LogP contribution in [0.3, 0.4) is 0 Å². The van der Waals surface area contributed by atoms with Crippen LogP contribution in [-0.4, -0.2) is 49.4 Å². The third-order valence-electron chi connectivity index (χ3n) is 4.31. The summed E-state index contributed by atoms with van der Waals surface area (Å²) in [6.45, 7) is 1.80. The summed E-state index contributed by atoms with van der Waals surface area (Å²) in [5.41, 5.74) is 2.66. The maximum Gasteiger partial charge on any atom is 0.165 e. The first-order valence-electron chi connectivity index (χ1n) is 8.53. The molecule has 138 valence electrons. The fourth-order valence-corrected chi connectivity index (χ4v) is 2.98. The summed E-state index contributed by atoms with van der Waals surface area (Å²) >= 11 is 0. The number of ether oxygens (including phenoxy) is 1. The summed E-state index contributed by atoms with van der Waals surface area (Å²) in [5, 5.41) is 25.0. The third-order valence-corrected chi connectivity index (χ3v) is 4.31. The molecular formula is C19H24N4O3. The van der Waals surface area contributed by atoms with Gasteiger partial charge in [-0.25, -0.2) is 10.2 Å². The van der Waals surface area contributed by atoms with Crippen LogP contribution >= 0.6 is 0 Å². The molecule has 2 aromatic carbocycles. The van der Waals surface area contributed by atoms with Gasteiger partial charge in [-0.3, -0.25) is 0 Å². The van der Waals surface area contributed by atoms with Crippen LogP contribution in [0.2, 0.25) is 0 Å². The second kappa shape index (κ2) is 7.84. The summed E-state index contributed by atoms with van der Waals surface area (Å²) < 4.78 is 5.36. The van der Waals surface area contributed by atoms with E-state index in [1.54, 1.807) is 19.2 Å². The lowest BCUT2D eigenvalue weighted by atomic mass is 10.1. The Bertz CT molecular complexity index is 912. The molecule has 1 atom stereocenters. The first kappa shape index (κ1) is 18.3. The van der Waals surface area contributed by atoms with Crippen molar-refractivity contribution < 1.29 is 15.2 Å². The molecule has 7 heteroatoms. The van der Waals surface area contributed by atoms with Crippen molar-refractivity contribution in [3.8, 4) is 5.75 Å². The van der Waals surface area contributed by atoms with Gasteiger partial charge in [0.25, 0.3) is 0 Å². The summed E-state index contributed by atoms with van der Waals surface area (Å²) in [6, 6.07) is 10.8. The van der Waals surface area contributed by atoms with Gasteiger partial charge in [-0.2, -0.15) is 5.23 Å². The Morgan fingerprint density at radius 2 is 1.96 bits per heavy atom. The molecule has 0 radical (unpaired) electrons. The van der Waals surface area contributed by atoms with Crippen molar-refractivity contribution in [1.29, 1.82) is 0 Å². The van der Waals surface area contributed by atoms with Crippen LogP contribution in [-0.2, 0) is 0 Å². The average Bonchev–Trinajstić information content (AvgIpc) is 2.63. The van der Waals surface area contributed by atoms with Crippen LogP contribution < -0.4 is 15.3 Å². The first-order valence-corrected chi connectivity index (χ1v) is 8.53. The molecule has 0 bridgehead atoms. The molecule has 0 spiro atoms. The number of methoxy groups -OCH3 is 1. The second-order valence-corrected chi connectivity index (χ2v) is 6.49.